The highest BCUT2D eigenvalue weighted by Crippen LogP contribution is 2.47. The van der Waals surface area contributed by atoms with Gasteiger partial charge in [0.05, 0.1) is 10.4 Å². The van der Waals surface area contributed by atoms with Crippen molar-refractivity contribution in [1.82, 2.24) is 4.90 Å². The molecule has 0 saturated carbocycles. The monoisotopic (exact) mass is 345 g/mol. The number of amides is 1. The zero-order valence-corrected chi connectivity index (χ0v) is 13.1. The summed E-state index contributed by atoms with van der Waals surface area (Å²) in [5, 5.41) is 9.18. The van der Waals surface area contributed by atoms with Gasteiger partial charge < -0.3 is 14.7 Å². The minimum Gasteiger partial charge on any atom is -0.465 e. The number of carboxylic acid groups (broad SMARTS) is 1. The van der Waals surface area contributed by atoms with Gasteiger partial charge in [0, 0.05) is 23.9 Å². The first-order valence-corrected chi connectivity index (χ1v) is 8.05. The van der Waals surface area contributed by atoms with Crippen LogP contribution in [-0.2, 0) is 16.8 Å². The number of piperidine rings is 1. The maximum atomic E-state index is 11.2. The van der Waals surface area contributed by atoms with Crippen LogP contribution < -0.4 is 0 Å². The second-order valence-electron chi connectivity index (χ2n) is 5.28. The molecule has 6 heteroatoms. The van der Waals surface area contributed by atoms with Crippen molar-refractivity contribution in [3.05, 3.63) is 20.3 Å². The van der Waals surface area contributed by atoms with Crippen molar-refractivity contribution in [2.24, 2.45) is 0 Å². The van der Waals surface area contributed by atoms with Gasteiger partial charge in [0.25, 0.3) is 0 Å². The van der Waals surface area contributed by atoms with Crippen molar-refractivity contribution in [2.45, 2.75) is 37.8 Å². The number of ether oxygens (including phenoxy) is 1. The molecule has 3 rings (SSSR count). The Balaban J connectivity index is 1.92. The van der Waals surface area contributed by atoms with Crippen LogP contribution in [0, 0.1) is 0 Å². The van der Waals surface area contributed by atoms with Crippen molar-refractivity contribution in [3.8, 4) is 0 Å². The molecule has 0 radical (unpaired) electrons. The van der Waals surface area contributed by atoms with E-state index in [0.29, 0.717) is 6.54 Å². The van der Waals surface area contributed by atoms with Crippen LogP contribution in [0.2, 0.25) is 0 Å². The van der Waals surface area contributed by atoms with Crippen LogP contribution in [0.1, 0.15) is 30.2 Å². The fourth-order valence-corrected chi connectivity index (χ4v) is 5.10. The highest BCUT2D eigenvalue weighted by atomic mass is 79.9. The van der Waals surface area contributed by atoms with E-state index in [1.54, 1.807) is 11.3 Å². The molecule has 2 atom stereocenters. The van der Waals surface area contributed by atoms with E-state index in [4.69, 9.17) is 4.74 Å². The van der Waals surface area contributed by atoms with Crippen molar-refractivity contribution in [1.29, 1.82) is 0 Å². The molecule has 1 spiro atoms. The third-order valence-corrected chi connectivity index (χ3v) is 5.97. The highest BCUT2D eigenvalue weighted by molar-refractivity contribution is 9.11. The van der Waals surface area contributed by atoms with E-state index in [1.165, 1.54) is 15.3 Å². The number of hydrogen-bond acceptors (Lipinski definition) is 3. The van der Waals surface area contributed by atoms with E-state index >= 15 is 0 Å². The van der Waals surface area contributed by atoms with E-state index in [1.807, 2.05) is 6.92 Å². The number of fused-ring (bicyclic) bond motifs is 2. The molecule has 1 aromatic rings. The van der Waals surface area contributed by atoms with Crippen molar-refractivity contribution in [2.75, 3.05) is 13.2 Å². The van der Waals surface area contributed by atoms with Gasteiger partial charge in [0.15, 0.2) is 0 Å². The Hall–Kier alpha value is -0.590. The van der Waals surface area contributed by atoms with Gasteiger partial charge in [-0.3, -0.25) is 0 Å². The predicted molar refractivity (Wildman–Crippen MR) is 76.8 cm³/mol. The average Bonchev–Trinajstić information content (AvgIpc) is 2.71. The lowest BCUT2D eigenvalue weighted by molar-refractivity contribution is -0.104. The van der Waals surface area contributed by atoms with Crippen LogP contribution in [0.4, 0.5) is 4.79 Å². The first kappa shape index (κ1) is 13.4. The second-order valence-corrected chi connectivity index (χ2v) is 7.71. The molecule has 1 saturated heterocycles. The number of thiophene rings is 1. The summed E-state index contributed by atoms with van der Waals surface area (Å²) in [7, 11) is 0. The summed E-state index contributed by atoms with van der Waals surface area (Å²) < 4.78 is 7.25. The minimum absolute atomic E-state index is 0.00178. The number of likely N-dealkylation sites (tertiary alicyclic amines) is 1. The molecule has 104 valence electrons. The number of nitrogens with zero attached hydrogens (tertiary/aromatic N) is 1. The fraction of sp³-hybridized carbons (Fsp3) is 0.615. The van der Waals surface area contributed by atoms with Gasteiger partial charge in [0.2, 0.25) is 0 Å². The molecule has 19 heavy (non-hydrogen) atoms. The molecule has 1 amide bonds. The van der Waals surface area contributed by atoms with Gasteiger partial charge in [-0.05, 0) is 47.3 Å². The fourth-order valence-electron chi connectivity index (χ4n) is 3.22. The molecule has 2 aliphatic heterocycles. The molecule has 1 N–H and O–H groups in total. The van der Waals surface area contributed by atoms with Gasteiger partial charge in [-0.1, -0.05) is 0 Å². The van der Waals surface area contributed by atoms with Crippen LogP contribution in [0.5, 0.6) is 0 Å². The maximum absolute atomic E-state index is 11.2. The first-order valence-electron chi connectivity index (χ1n) is 6.44. The summed E-state index contributed by atoms with van der Waals surface area (Å²) in [5.41, 5.74) is 1.09. The Kier molecular flexibility index (Phi) is 3.35. The van der Waals surface area contributed by atoms with E-state index in [-0.39, 0.29) is 11.6 Å². The summed E-state index contributed by atoms with van der Waals surface area (Å²) in [4.78, 5) is 14.0. The molecular weight excluding hydrogens is 330 g/mol. The molecule has 0 bridgehead atoms. The Morgan fingerprint density at radius 2 is 2.47 bits per heavy atom. The van der Waals surface area contributed by atoms with Gasteiger partial charge >= 0.3 is 6.09 Å². The number of rotatable bonds is 0. The van der Waals surface area contributed by atoms with Gasteiger partial charge in [-0.15, -0.1) is 11.3 Å². The Morgan fingerprint density at radius 3 is 3.16 bits per heavy atom. The lowest BCUT2D eigenvalue weighted by Gasteiger charge is -2.46. The van der Waals surface area contributed by atoms with E-state index in [9.17, 15) is 9.90 Å². The molecule has 4 nitrogen and oxygen atoms in total. The summed E-state index contributed by atoms with van der Waals surface area (Å²) >= 11 is 5.28. The number of hydrogen-bond donors (Lipinski definition) is 1. The molecule has 0 unspecified atom stereocenters. The molecular formula is C13H16BrNO3S. The average molecular weight is 346 g/mol. The summed E-state index contributed by atoms with van der Waals surface area (Å²) in [6.07, 6.45) is 1.63. The number of carbonyl (C=O) groups is 1. The zero-order chi connectivity index (χ0) is 13.6. The molecule has 1 fully saturated rings. The van der Waals surface area contributed by atoms with Crippen LogP contribution in [-0.4, -0.2) is 35.3 Å². The summed E-state index contributed by atoms with van der Waals surface area (Å²) in [6, 6.07) is 2.18. The zero-order valence-electron chi connectivity index (χ0n) is 10.7. The van der Waals surface area contributed by atoms with Crippen LogP contribution in [0.15, 0.2) is 9.85 Å². The van der Waals surface area contributed by atoms with Crippen molar-refractivity contribution >= 4 is 33.4 Å². The van der Waals surface area contributed by atoms with E-state index < -0.39 is 6.09 Å². The summed E-state index contributed by atoms with van der Waals surface area (Å²) in [5.74, 6) is 0. The number of halogens is 1. The predicted octanol–water partition coefficient (Wildman–Crippen LogP) is 3.44. The van der Waals surface area contributed by atoms with Gasteiger partial charge in [-0.25, -0.2) is 4.79 Å². The van der Waals surface area contributed by atoms with Gasteiger partial charge in [-0.2, -0.15) is 0 Å². The molecule has 2 aliphatic rings. The minimum atomic E-state index is -0.828. The van der Waals surface area contributed by atoms with E-state index in [2.05, 4.69) is 22.0 Å². The molecule has 3 heterocycles. The third kappa shape index (κ3) is 2.19. The van der Waals surface area contributed by atoms with Crippen molar-refractivity contribution < 1.29 is 14.6 Å². The maximum Gasteiger partial charge on any atom is 0.407 e. The molecule has 1 aromatic heterocycles. The normalized spacial score (nSPS) is 30.4. The van der Waals surface area contributed by atoms with Crippen molar-refractivity contribution in [3.63, 3.8) is 0 Å². The smallest absolute Gasteiger partial charge is 0.407 e. The van der Waals surface area contributed by atoms with Crippen LogP contribution in [0.25, 0.3) is 0 Å². The molecule has 0 aliphatic carbocycles. The standard InChI is InChI=1S/C13H16BrNO3S/c1-8-7-13(3-4-15(8)12(16)17)11-9(2-5-18-13)6-10(14)19-11/h6,8H,2-5,7H2,1H3,(H,16,17)/t8-,13+/m0/s1. The topological polar surface area (TPSA) is 49.8 Å². The lowest BCUT2D eigenvalue weighted by atomic mass is 9.82. The summed E-state index contributed by atoms with van der Waals surface area (Å²) in [6.45, 7) is 3.25. The van der Waals surface area contributed by atoms with Crippen LogP contribution >= 0.6 is 27.3 Å². The van der Waals surface area contributed by atoms with E-state index in [0.717, 1.165) is 29.7 Å². The Morgan fingerprint density at radius 1 is 1.68 bits per heavy atom. The Labute approximate surface area is 124 Å². The second kappa shape index (κ2) is 4.75. The van der Waals surface area contributed by atoms with Gasteiger partial charge in [0.1, 0.15) is 5.60 Å². The lowest BCUT2D eigenvalue weighted by Crippen LogP contribution is -2.51. The Bertz CT molecular complexity index is 518. The largest absolute Gasteiger partial charge is 0.465 e. The van der Waals surface area contributed by atoms with Crippen LogP contribution in [0.3, 0.4) is 0 Å². The first-order chi connectivity index (χ1) is 9.02. The quantitative estimate of drug-likeness (QED) is 0.783. The molecule has 0 aromatic carbocycles. The highest BCUT2D eigenvalue weighted by Gasteiger charge is 2.45. The SMILES string of the molecule is C[C@H]1C[C@@]2(CCN1C(=O)O)OCCc1cc(Br)sc12. The third-order valence-electron chi connectivity index (χ3n) is 4.10.